The number of rotatable bonds is 8. The van der Waals surface area contributed by atoms with Gasteiger partial charge in [-0.1, -0.05) is 12.1 Å². The van der Waals surface area contributed by atoms with Gasteiger partial charge in [-0.2, -0.15) is 8.42 Å². The predicted octanol–water partition coefficient (Wildman–Crippen LogP) is 3.40. The van der Waals surface area contributed by atoms with E-state index in [0.717, 1.165) is 4.90 Å². The Labute approximate surface area is 206 Å². The van der Waals surface area contributed by atoms with Crippen LogP contribution in [0.4, 0.5) is 10.5 Å². The zero-order valence-electron chi connectivity index (χ0n) is 19.0. The molecule has 35 heavy (non-hydrogen) atoms. The Morgan fingerprint density at radius 3 is 2.43 bits per heavy atom. The number of hydrogen-bond donors (Lipinski definition) is 1. The molecule has 2 aromatic rings. The van der Waals surface area contributed by atoms with E-state index >= 15 is 0 Å². The molecule has 1 heterocycles. The smallest absolute Gasteiger partial charge is 0.339 e. The van der Waals surface area contributed by atoms with Crippen molar-refractivity contribution >= 4 is 56.7 Å². The van der Waals surface area contributed by atoms with Crippen molar-refractivity contribution < 1.29 is 36.5 Å². The molecule has 0 atom stereocenters. The molecule has 1 saturated heterocycles. The van der Waals surface area contributed by atoms with Crippen molar-refractivity contribution in [3.63, 3.8) is 0 Å². The second-order valence-corrected chi connectivity index (χ2v) is 10.2. The minimum absolute atomic E-state index is 0.00979. The molecule has 0 radical (unpaired) electrons. The fraction of sp³-hybridized carbons (Fsp3) is 0.217. The molecule has 0 spiro atoms. The van der Waals surface area contributed by atoms with Gasteiger partial charge in [0.2, 0.25) is 5.91 Å². The minimum Gasteiger partial charge on any atom is -0.462 e. The summed E-state index contributed by atoms with van der Waals surface area (Å²) in [5, 5.41) is 1.93. The third-order valence-corrected chi connectivity index (χ3v) is 6.52. The van der Waals surface area contributed by atoms with Gasteiger partial charge in [0.15, 0.2) is 0 Å². The second kappa shape index (κ2) is 10.7. The minimum atomic E-state index is -4.17. The van der Waals surface area contributed by atoms with Crippen molar-refractivity contribution in [3.8, 4) is 5.75 Å². The van der Waals surface area contributed by atoms with E-state index in [1.165, 1.54) is 55.5 Å². The SMILES string of the molecule is CC(=O)Nc1ccc(S(=O)(=O)Oc2cccc(/C=C3\SC(=O)N(CC(=O)OC(C)C)C3=O)c2)cc1. The number of benzene rings is 2. The van der Waals surface area contributed by atoms with Crippen LogP contribution in [0.5, 0.6) is 5.75 Å². The summed E-state index contributed by atoms with van der Waals surface area (Å²) in [5.41, 5.74) is 0.846. The summed E-state index contributed by atoms with van der Waals surface area (Å²) in [5.74, 6) is -1.65. The normalized spacial score (nSPS) is 15.0. The summed E-state index contributed by atoms with van der Waals surface area (Å²) >= 11 is 0.661. The third-order valence-electron chi connectivity index (χ3n) is 4.35. The number of nitrogens with one attached hydrogen (secondary N) is 1. The number of hydrogen-bond acceptors (Lipinski definition) is 9. The molecule has 0 aromatic heterocycles. The van der Waals surface area contributed by atoms with Crippen LogP contribution < -0.4 is 9.50 Å². The van der Waals surface area contributed by atoms with Crippen LogP contribution in [0.3, 0.4) is 0 Å². The fourth-order valence-electron chi connectivity index (χ4n) is 2.96. The first kappa shape index (κ1) is 26.0. The number of anilines is 1. The van der Waals surface area contributed by atoms with E-state index in [-0.39, 0.29) is 27.6 Å². The van der Waals surface area contributed by atoms with E-state index in [0.29, 0.717) is 23.0 Å². The topological polar surface area (TPSA) is 136 Å². The van der Waals surface area contributed by atoms with Gasteiger partial charge < -0.3 is 14.2 Å². The van der Waals surface area contributed by atoms with Crippen LogP contribution in [0.1, 0.15) is 26.3 Å². The molecule has 184 valence electrons. The lowest BCUT2D eigenvalue weighted by atomic mass is 10.2. The number of amides is 3. The highest BCUT2D eigenvalue weighted by Crippen LogP contribution is 2.33. The molecule has 0 aliphatic carbocycles. The van der Waals surface area contributed by atoms with Gasteiger partial charge in [-0.25, -0.2) is 0 Å². The number of thioether (sulfide) groups is 1. The Kier molecular flexibility index (Phi) is 7.97. The molecule has 3 amide bonds. The van der Waals surface area contributed by atoms with Crippen molar-refractivity contribution in [1.29, 1.82) is 0 Å². The van der Waals surface area contributed by atoms with Crippen LogP contribution in [-0.2, 0) is 29.2 Å². The number of esters is 1. The van der Waals surface area contributed by atoms with Gasteiger partial charge >= 0.3 is 16.1 Å². The molecule has 3 rings (SSSR count). The van der Waals surface area contributed by atoms with Crippen LogP contribution in [0.15, 0.2) is 58.3 Å². The average molecular weight is 519 g/mol. The van der Waals surface area contributed by atoms with Crippen molar-refractivity contribution in [1.82, 2.24) is 4.90 Å². The maximum Gasteiger partial charge on any atom is 0.339 e. The second-order valence-electron chi connectivity index (χ2n) is 7.62. The zero-order chi connectivity index (χ0) is 25.8. The maximum absolute atomic E-state index is 12.6. The molecule has 12 heteroatoms. The highest BCUT2D eigenvalue weighted by molar-refractivity contribution is 8.18. The van der Waals surface area contributed by atoms with E-state index in [1.807, 2.05) is 0 Å². The number of carbonyl (C=O) groups is 4. The van der Waals surface area contributed by atoms with E-state index in [9.17, 15) is 27.6 Å². The van der Waals surface area contributed by atoms with Crippen LogP contribution in [0, 0.1) is 0 Å². The van der Waals surface area contributed by atoms with E-state index < -0.39 is 33.8 Å². The van der Waals surface area contributed by atoms with Gasteiger partial charge in [-0.3, -0.25) is 24.1 Å². The molecule has 0 unspecified atom stereocenters. The summed E-state index contributed by atoms with van der Waals surface area (Å²) in [6, 6.07) is 11.4. The first-order valence-electron chi connectivity index (χ1n) is 10.3. The fourth-order valence-corrected chi connectivity index (χ4v) is 4.72. The van der Waals surface area contributed by atoms with Gasteiger partial charge in [0.05, 0.1) is 11.0 Å². The largest absolute Gasteiger partial charge is 0.462 e. The molecule has 2 aromatic carbocycles. The van der Waals surface area contributed by atoms with Crippen LogP contribution in [0.25, 0.3) is 6.08 Å². The lowest BCUT2D eigenvalue weighted by molar-refractivity contribution is -0.149. The Hall–Kier alpha value is -3.64. The Balaban J connectivity index is 1.74. The number of nitrogens with zero attached hydrogens (tertiary/aromatic N) is 1. The molecular weight excluding hydrogens is 496 g/mol. The van der Waals surface area contributed by atoms with Crippen molar-refractivity contribution in [2.75, 3.05) is 11.9 Å². The summed E-state index contributed by atoms with van der Waals surface area (Å²) in [7, 11) is -4.17. The standard InChI is InChI=1S/C23H22N2O8S2/c1-14(2)32-21(27)13-25-22(28)20(34-23(25)29)12-16-5-4-6-18(11-16)33-35(30,31)19-9-7-17(8-10-19)24-15(3)26/h4-12,14H,13H2,1-3H3,(H,24,26)/b20-12-. The molecule has 1 N–H and O–H groups in total. The molecule has 1 aliphatic rings. The summed E-state index contributed by atoms with van der Waals surface area (Å²) < 4.78 is 35.4. The predicted molar refractivity (Wildman–Crippen MR) is 129 cm³/mol. The Bertz CT molecular complexity index is 1300. The lowest BCUT2D eigenvalue weighted by Crippen LogP contribution is -2.35. The van der Waals surface area contributed by atoms with Crippen LogP contribution in [0.2, 0.25) is 0 Å². The Morgan fingerprint density at radius 1 is 1.11 bits per heavy atom. The van der Waals surface area contributed by atoms with Gasteiger partial charge in [0.1, 0.15) is 17.2 Å². The first-order chi connectivity index (χ1) is 16.4. The number of ether oxygens (including phenoxy) is 1. The molecular formula is C23H22N2O8S2. The molecule has 10 nitrogen and oxygen atoms in total. The Morgan fingerprint density at radius 2 is 1.80 bits per heavy atom. The number of carbonyl (C=O) groups excluding carboxylic acids is 4. The number of imide groups is 1. The highest BCUT2D eigenvalue weighted by atomic mass is 32.2. The first-order valence-corrected chi connectivity index (χ1v) is 12.5. The van der Waals surface area contributed by atoms with E-state index in [2.05, 4.69) is 5.32 Å². The van der Waals surface area contributed by atoms with Crippen LogP contribution in [-0.4, -0.2) is 49.0 Å². The molecule has 1 fully saturated rings. The van der Waals surface area contributed by atoms with Gasteiger partial charge in [0.25, 0.3) is 11.1 Å². The van der Waals surface area contributed by atoms with E-state index in [4.69, 9.17) is 8.92 Å². The maximum atomic E-state index is 12.6. The van der Waals surface area contributed by atoms with Crippen molar-refractivity contribution in [2.24, 2.45) is 0 Å². The van der Waals surface area contributed by atoms with Gasteiger partial charge in [-0.15, -0.1) is 0 Å². The lowest BCUT2D eigenvalue weighted by Gasteiger charge is -2.13. The van der Waals surface area contributed by atoms with E-state index in [1.54, 1.807) is 19.9 Å². The molecule has 0 bridgehead atoms. The zero-order valence-corrected chi connectivity index (χ0v) is 20.6. The quantitative estimate of drug-likeness (QED) is 0.317. The summed E-state index contributed by atoms with van der Waals surface area (Å²) in [6.07, 6.45) is 1.02. The van der Waals surface area contributed by atoms with Crippen LogP contribution >= 0.6 is 11.8 Å². The summed E-state index contributed by atoms with van der Waals surface area (Å²) in [4.78, 5) is 48.5. The monoisotopic (exact) mass is 518 g/mol. The van der Waals surface area contributed by atoms with Gasteiger partial charge in [-0.05, 0) is 73.6 Å². The third kappa shape index (κ3) is 6.93. The highest BCUT2D eigenvalue weighted by Gasteiger charge is 2.36. The molecule has 0 saturated carbocycles. The average Bonchev–Trinajstić information content (AvgIpc) is 3.00. The molecule has 1 aliphatic heterocycles. The van der Waals surface area contributed by atoms with Gasteiger partial charge in [0, 0.05) is 12.6 Å². The summed E-state index contributed by atoms with van der Waals surface area (Å²) in [6.45, 7) is 4.15. The van der Waals surface area contributed by atoms with Crippen molar-refractivity contribution in [2.45, 2.75) is 31.8 Å². The van der Waals surface area contributed by atoms with Crippen molar-refractivity contribution in [3.05, 3.63) is 59.0 Å².